The van der Waals surface area contributed by atoms with Gasteiger partial charge in [-0.05, 0) is 35.4 Å². The summed E-state index contributed by atoms with van der Waals surface area (Å²) in [7, 11) is 1.68. The van der Waals surface area contributed by atoms with Crippen LogP contribution in [0, 0.1) is 5.82 Å². The molecule has 0 fully saturated rings. The van der Waals surface area contributed by atoms with Crippen molar-refractivity contribution in [2.75, 3.05) is 7.05 Å². The molecule has 0 unspecified atom stereocenters. The Morgan fingerprint density at radius 1 is 1.12 bits per heavy atom. The smallest absolute Gasteiger partial charge is 0.191 e. The fourth-order valence-electron chi connectivity index (χ4n) is 2.55. The monoisotopic (exact) mass is 338 g/mol. The molecular weight excluding hydrogens is 319 g/mol. The molecule has 0 saturated heterocycles. The van der Waals surface area contributed by atoms with E-state index in [1.807, 2.05) is 30.3 Å². The van der Waals surface area contributed by atoms with E-state index in [9.17, 15) is 9.50 Å². The predicted octanol–water partition coefficient (Wildman–Crippen LogP) is 2.94. The second-order valence-corrected chi connectivity index (χ2v) is 5.55. The maximum Gasteiger partial charge on any atom is 0.191 e. The summed E-state index contributed by atoms with van der Waals surface area (Å²) >= 11 is 0. The summed E-state index contributed by atoms with van der Waals surface area (Å²) in [5.74, 6) is -0.379. The molecule has 3 rings (SSSR count). The van der Waals surface area contributed by atoms with E-state index in [4.69, 9.17) is 0 Å². The molecule has 0 aliphatic heterocycles. The Kier molecular flexibility index (Phi) is 5.09. The van der Waals surface area contributed by atoms with E-state index in [2.05, 4.69) is 20.6 Å². The number of aromatic hydroxyl groups is 1. The van der Waals surface area contributed by atoms with Crippen molar-refractivity contribution in [2.45, 2.75) is 13.1 Å². The van der Waals surface area contributed by atoms with Crippen LogP contribution in [0.3, 0.4) is 0 Å². The number of phenolic OH excluding ortho intramolecular Hbond substituents is 1. The van der Waals surface area contributed by atoms with Crippen molar-refractivity contribution in [1.29, 1.82) is 0 Å². The molecule has 3 N–H and O–H groups in total. The fraction of sp³-hybridized carbons (Fsp3) is 0.158. The van der Waals surface area contributed by atoms with Crippen LogP contribution in [0.2, 0.25) is 0 Å². The molecule has 0 aliphatic rings. The number of nitrogens with one attached hydrogen (secondary N) is 2. The van der Waals surface area contributed by atoms with Crippen molar-refractivity contribution < 1.29 is 9.50 Å². The number of guanidine groups is 1. The van der Waals surface area contributed by atoms with Crippen molar-refractivity contribution in [2.24, 2.45) is 4.99 Å². The second kappa shape index (κ2) is 7.61. The minimum atomic E-state index is -0.634. The Morgan fingerprint density at radius 2 is 1.92 bits per heavy atom. The minimum Gasteiger partial charge on any atom is -0.505 e. The third-order valence-electron chi connectivity index (χ3n) is 3.88. The van der Waals surface area contributed by atoms with Crippen LogP contribution in [0.15, 0.2) is 59.7 Å². The number of nitrogens with zero attached hydrogens (tertiary/aromatic N) is 2. The average Bonchev–Trinajstić information content (AvgIpc) is 2.64. The first-order chi connectivity index (χ1) is 12.2. The number of phenols is 1. The first kappa shape index (κ1) is 16.7. The molecule has 0 amide bonds. The lowest BCUT2D eigenvalue weighted by Crippen LogP contribution is -2.36. The zero-order chi connectivity index (χ0) is 17.6. The van der Waals surface area contributed by atoms with E-state index < -0.39 is 5.82 Å². The molecule has 1 heterocycles. The summed E-state index contributed by atoms with van der Waals surface area (Å²) in [4.78, 5) is 8.52. The number of halogens is 1. The molecule has 1 aromatic heterocycles. The van der Waals surface area contributed by atoms with Gasteiger partial charge in [-0.2, -0.15) is 0 Å². The molecular formula is C19H19FN4O. The maximum atomic E-state index is 13.4. The predicted molar refractivity (Wildman–Crippen MR) is 96.8 cm³/mol. The van der Waals surface area contributed by atoms with Crippen molar-refractivity contribution in [3.05, 3.63) is 71.7 Å². The Labute approximate surface area is 145 Å². The largest absolute Gasteiger partial charge is 0.505 e. The normalized spacial score (nSPS) is 11.5. The first-order valence-corrected chi connectivity index (χ1v) is 7.92. The molecule has 6 heteroatoms. The fourth-order valence-corrected chi connectivity index (χ4v) is 2.55. The molecule has 2 aromatic carbocycles. The molecule has 0 aliphatic carbocycles. The van der Waals surface area contributed by atoms with Gasteiger partial charge in [0.1, 0.15) is 0 Å². The van der Waals surface area contributed by atoms with Crippen molar-refractivity contribution in [3.8, 4) is 5.75 Å². The van der Waals surface area contributed by atoms with Crippen LogP contribution in [0.1, 0.15) is 11.1 Å². The van der Waals surface area contributed by atoms with E-state index in [-0.39, 0.29) is 5.75 Å². The maximum absolute atomic E-state index is 13.4. The summed E-state index contributed by atoms with van der Waals surface area (Å²) < 4.78 is 13.4. The van der Waals surface area contributed by atoms with Gasteiger partial charge in [-0.1, -0.05) is 24.3 Å². The molecule has 5 nitrogen and oxygen atoms in total. The number of benzene rings is 2. The Bertz CT molecular complexity index is 906. The number of fused-ring (bicyclic) bond motifs is 1. The van der Waals surface area contributed by atoms with Crippen LogP contribution >= 0.6 is 0 Å². The Balaban J connectivity index is 1.63. The third kappa shape index (κ3) is 4.03. The third-order valence-corrected chi connectivity index (χ3v) is 3.88. The van der Waals surface area contributed by atoms with E-state index in [0.717, 1.165) is 16.5 Å². The number of para-hydroxylation sites is 1. The van der Waals surface area contributed by atoms with Gasteiger partial charge < -0.3 is 15.7 Å². The van der Waals surface area contributed by atoms with Crippen LogP contribution in [0.5, 0.6) is 5.75 Å². The lowest BCUT2D eigenvalue weighted by Gasteiger charge is -2.13. The average molecular weight is 338 g/mol. The minimum absolute atomic E-state index is 0.351. The molecule has 0 spiro atoms. The number of pyridine rings is 1. The Hall–Kier alpha value is -3.15. The number of hydrogen-bond acceptors (Lipinski definition) is 3. The van der Waals surface area contributed by atoms with Crippen molar-refractivity contribution >= 4 is 16.9 Å². The number of aliphatic imine (C=N–C) groups is 1. The zero-order valence-electron chi connectivity index (χ0n) is 13.8. The van der Waals surface area contributed by atoms with Crippen LogP contribution in [-0.4, -0.2) is 23.1 Å². The quantitative estimate of drug-likeness (QED) is 0.505. The number of hydrogen-bond donors (Lipinski definition) is 3. The Morgan fingerprint density at radius 3 is 2.72 bits per heavy atom. The van der Waals surface area contributed by atoms with Crippen LogP contribution in [-0.2, 0) is 13.1 Å². The van der Waals surface area contributed by atoms with E-state index >= 15 is 0 Å². The second-order valence-electron chi connectivity index (χ2n) is 5.55. The van der Waals surface area contributed by atoms with E-state index in [0.29, 0.717) is 24.6 Å². The topological polar surface area (TPSA) is 69.5 Å². The van der Waals surface area contributed by atoms with Crippen LogP contribution in [0.4, 0.5) is 4.39 Å². The van der Waals surface area contributed by atoms with Crippen LogP contribution < -0.4 is 10.6 Å². The highest BCUT2D eigenvalue weighted by atomic mass is 19.1. The molecule has 3 aromatic rings. The standard InChI is InChI=1S/C19H19FN4O/c1-21-19(23-11-13-6-7-18(25)16(20)10-13)24-12-14-8-9-22-17-5-3-2-4-15(14)17/h2-10,25H,11-12H2,1H3,(H2,21,23,24). The molecule has 0 bridgehead atoms. The van der Waals surface area contributed by atoms with Gasteiger partial charge in [-0.25, -0.2) is 4.39 Å². The number of rotatable bonds is 4. The van der Waals surface area contributed by atoms with Gasteiger partial charge in [0.2, 0.25) is 0 Å². The highest BCUT2D eigenvalue weighted by Gasteiger charge is 2.05. The first-order valence-electron chi connectivity index (χ1n) is 7.92. The summed E-state index contributed by atoms with van der Waals surface area (Å²) in [6, 6.07) is 14.2. The lowest BCUT2D eigenvalue weighted by atomic mass is 10.1. The number of aromatic nitrogens is 1. The zero-order valence-corrected chi connectivity index (χ0v) is 13.8. The SMILES string of the molecule is CN=C(NCc1ccc(O)c(F)c1)NCc1ccnc2ccccc12. The van der Waals surface area contributed by atoms with Crippen molar-refractivity contribution in [3.63, 3.8) is 0 Å². The molecule has 0 radical (unpaired) electrons. The highest BCUT2D eigenvalue weighted by molar-refractivity contribution is 5.83. The van der Waals surface area contributed by atoms with Gasteiger partial charge >= 0.3 is 0 Å². The van der Waals surface area contributed by atoms with Gasteiger partial charge in [-0.3, -0.25) is 9.98 Å². The van der Waals surface area contributed by atoms with Crippen molar-refractivity contribution in [1.82, 2.24) is 15.6 Å². The molecule has 25 heavy (non-hydrogen) atoms. The van der Waals surface area contributed by atoms with Gasteiger partial charge in [-0.15, -0.1) is 0 Å². The summed E-state index contributed by atoms with van der Waals surface area (Å²) in [5, 5.41) is 16.7. The van der Waals surface area contributed by atoms with Gasteiger partial charge in [0.25, 0.3) is 0 Å². The van der Waals surface area contributed by atoms with E-state index in [1.165, 1.54) is 12.1 Å². The molecule has 0 atom stereocenters. The summed E-state index contributed by atoms with van der Waals surface area (Å²) in [6.07, 6.45) is 1.79. The molecule has 0 saturated carbocycles. The lowest BCUT2D eigenvalue weighted by molar-refractivity contribution is 0.431. The van der Waals surface area contributed by atoms with Gasteiger partial charge in [0, 0.05) is 31.7 Å². The van der Waals surface area contributed by atoms with Gasteiger partial charge in [0.15, 0.2) is 17.5 Å². The molecule has 128 valence electrons. The summed E-state index contributed by atoms with van der Waals surface area (Å²) in [6.45, 7) is 0.987. The van der Waals surface area contributed by atoms with Crippen LogP contribution in [0.25, 0.3) is 10.9 Å². The highest BCUT2D eigenvalue weighted by Crippen LogP contribution is 2.17. The summed E-state index contributed by atoms with van der Waals surface area (Å²) in [5.41, 5.74) is 2.78. The van der Waals surface area contributed by atoms with E-state index in [1.54, 1.807) is 19.3 Å². The van der Waals surface area contributed by atoms with Gasteiger partial charge in [0.05, 0.1) is 5.52 Å².